The molecule has 4 aliphatic rings. The van der Waals surface area contributed by atoms with Crippen molar-refractivity contribution in [2.24, 2.45) is 0 Å². The molecule has 0 amide bonds. The zero-order valence-corrected chi connectivity index (χ0v) is 79.1. The summed E-state index contributed by atoms with van der Waals surface area (Å²) < 4.78 is 40.0. The Kier molecular flexibility index (Phi) is 34.7. The van der Waals surface area contributed by atoms with Gasteiger partial charge in [0.15, 0.2) is 29.3 Å². The number of rotatable bonds is 17. The molecule has 0 atom stereocenters. The van der Waals surface area contributed by atoms with E-state index in [-0.39, 0.29) is 11.8 Å². The van der Waals surface area contributed by atoms with Crippen LogP contribution in [0.2, 0.25) is 0 Å². The van der Waals surface area contributed by atoms with Gasteiger partial charge in [0, 0.05) is 117 Å². The Hall–Kier alpha value is -9.23. The molecule has 0 saturated heterocycles. The van der Waals surface area contributed by atoms with Crippen molar-refractivity contribution in [2.45, 2.75) is 336 Å². The molecule has 0 saturated carbocycles. The number of hydrogen-bond donors (Lipinski definition) is 0. The van der Waals surface area contributed by atoms with Crippen LogP contribution in [0.4, 0.5) is 0 Å². The summed E-state index contributed by atoms with van der Waals surface area (Å²) in [6.45, 7) is 71.1. The Morgan fingerprint density at radius 1 is 0.345 bits per heavy atom. The summed E-state index contributed by atoms with van der Waals surface area (Å²) in [6, 6.07) is 6.34. The van der Waals surface area contributed by atoms with E-state index >= 15 is 0 Å². The highest BCUT2D eigenvalue weighted by Crippen LogP contribution is 2.45. The Morgan fingerprint density at radius 3 is 1.32 bits per heavy atom. The van der Waals surface area contributed by atoms with E-state index in [9.17, 15) is 0 Å². The fraction of sp³-hybridized carbons (Fsp3) is 0.550. The van der Waals surface area contributed by atoms with Crippen LogP contribution >= 0.6 is 11.3 Å². The Labute approximate surface area is 716 Å². The van der Waals surface area contributed by atoms with E-state index in [1.54, 1.807) is 24.7 Å². The molecule has 0 spiro atoms. The van der Waals surface area contributed by atoms with Crippen LogP contribution in [0.3, 0.4) is 0 Å². The lowest BCUT2D eigenvalue weighted by atomic mass is 9.93. The van der Waals surface area contributed by atoms with Crippen LogP contribution in [-0.4, -0.2) is 82.2 Å². The largest absolute Gasteiger partial charge is 0.493 e. The molecular weight excluding hydrogens is 1500 g/mol. The number of fused-ring (bicyclic) bond motifs is 7. The van der Waals surface area contributed by atoms with E-state index < -0.39 is 0 Å². The summed E-state index contributed by atoms with van der Waals surface area (Å²) >= 11 is 1.70. The summed E-state index contributed by atoms with van der Waals surface area (Å²) in [7, 11) is 1.61. The predicted octanol–water partition coefficient (Wildman–Crippen LogP) is 27.7. The summed E-state index contributed by atoms with van der Waals surface area (Å²) in [4.78, 5) is 40.4. The molecule has 119 heavy (non-hydrogen) atoms. The van der Waals surface area contributed by atoms with Crippen LogP contribution in [0.1, 0.15) is 429 Å². The summed E-state index contributed by atoms with van der Waals surface area (Å²) in [6.07, 6.45) is 22.9. The van der Waals surface area contributed by atoms with Crippen molar-refractivity contribution in [2.75, 3.05) is 27.1 Å². The number of pyridine rings is 6. The molecule has 13 heterocycles. The molecule has 0 fully saturated rings. The molecule has 0 radical (unpaired) electrons. The first-order valence-corrected chi connectivity index (χ1v) is 44.7. The van der Waals surface area contributed by atoms with Crippen molar-refractivity contribution in [1.82, 2.24) is 55.1 Å². The van der Waals surface area contributed by atoms with Crippen LogP contribution in [0.15, 0.2) is 88.5 Å². The van der Waals surface area contributed by atoms with Crippen molar-refractivity contribution in [3.05, 3.63) is 192 Å². The summed E-state index contributed by atoms with van der Waals surface area (Å²) in [5, 5.41) is 9.36. The number of methoxy groups -OCH3 is 1. The van der Waals surface area contributed by atoms with Crippen LogP contribution in [0.25, 0.3) is 38.4 Å². The molecular formula is C100H141N11O7S. The van der Waals surface area contributed by atoms with E-state index in [1.807, 2.05) is 70.3 Å². The minimum atomic E-state index is 0.276. The highest BCUT2D eigenvalue weighted by Gasteiger charge is 2.29. The zero-order valence-electron chi connectivity index (χ0n) is 78.2. The quantitative estimate of drug-likeness (QED) is 0.0828. The summed E-state index contributed by atoms with van der Waals surface area (Å²) in [5.74, 6) is 12.6. The number of benzene rings is 1. The second-order valence-corrected chi connectivity index (χ2v) is 37.3. The van der Waals surface area contributed by atoms with Gasteiger partial charge in [0.1, 0.15) is 28.3 Å². The van der Waals surface area contributed by atoms with Crippen molar-refractivity contribution >= 4 is 49.7 Å². The molecule has 1 aliphatic carbocycles. The number of allylic oxidation sites excluding steroid dienone is 1. The average Bonchev–Trinajstić information content (AvgIpc) is 1.69. The van der Waals surface area contributed by atoms with Crippen LogP contribution in [0.5, 0.6) is 28.9 Å². The van der Waals surface area contributed by atoms with Gasteiger partial charge in [0.05, 0.1) is 70.8 Å². The number of nitrogens with zero attached hydrogens (tertiary/aromatic N) is 11. The van der Waals surface area contributed by atoms with Crippen molar-refractivity contribution in [3.8, 4) is 28.9 Å². The second kappa shape index (κ2) is 43.3. The number of ether oxygens (including phenoxy) is 5. The molecule has 19 heteroatoms. The van der Waals surface area contributed by atoms with E-state index in [2.05, 4.69) is 279 Å². The third-order valence-electron chi connectivity index (χ3n) is 21.6. The maximum atomic E-state index is 5.74. The maximum absolute atomic E-state index is 5.74. The average molecular weight is 1640 g/mol. The Morgan fingerprint density at radius 2 is 0.798 bits per heavy atom. The monoisotopic (exact) mass is 1640 g/mol. The Bertz CT molecular complexity index is 4470. The Balaban J connectivity index is 0.000000169. The standard InChI is InChI=1S/C14H19N.C13H19NO.C13H17NO.C13H19NO.C13H18O2.C12H16N2O.C12H16N2S.C10H17N3O/c1-9(2)13-8-15-14(10(3)4)12-7-5-6-11(12)13;2*1-8(2)11-7-14-12(9(3)4)10-5-6-15-13(10)11;1-8(2)11-7-14-12(9(3)4)13-10(11)5-6-15-13;1-8(2)10-5-6-11(9(3)4)13-12(10)14-7-15-13;2*1-7(2)9-5-13-10(8(3)4)12-11(9)14-6-15-12;1-6(2)8-10(14-5)11-9(7(3)4)13-12-8/h5,7-10H,6H2,1-4H3;7-9H,5-6H2,1-4H3;5-9H,1-4H3;7-9H,5-6H2,1-4H3;5-6,8-9H,7H2,1-4H3;2*5-8H,1-4H3;6-7H,1-5H3. The first-order chi connectivity index (χ1) is 56.3. The van der Waals surface area contributed by atoms with E-state index in [4.69, 9.17) is 32.5 Å². The number of thiazole rings is 1. The minimum absolute atomic E-state index is 0.276. The van der Waals surface area contributed by atoms with Crippen LogP contribution in [-0.2, 0) is 19.3 Å². The number of aromatic nitrogens is 11. The highest BCUT2D eigenvalue weighted by atomic mass is 32.1. The van der Waals surface area contributed by atoms with E-state index in [1.165, 1.54) is 89.4 Å². The number of hydrogen-bond acceptors (Lipinski definition) is 19. The minimum Gasteiger partial charge on any atom is -0.493 e. The predicted molar refractivity (Wildman–Crippen MR) is 491 cm³/mol. The highest BCUT2D eigenvalue weighted by molar-refractivity contribution is 7.17. The van der Waals surface area contributed by atoms with E-state index in [0.717, 1.165) is 117 Å². The molecule has 3 aliphatic heterocycles. The molecule has 0 unspecified atom stereocenters. The molecule has 0 N–H and O–H groups in total. The third-order valence-corrected chi connectivity index (χ3v) is 22.5. The molecule has 0 bridgehead atoms. The van der Waals surface area contributed by atoms with Gasteiger partial charge >= 0.3 is 0 Å². The second-order valence-electron chi connectivity index (χ2n) is 36.5. The first-order valence-electron chi connectivity index (χ1n) is 43.8. The topological polar surface area (TPSA) is 214 Å². The molecule has 15 rings (SSSR count). The molecule has 18 nitrogen and oxygen atoms in total. The lowest BCUT2D eigenvalue weighted by Gasteiger charge is -2.16. The van der Waals surface area contributed by atoms with Gasteiger partial charge in [-0.15, -0.1) is 21.5 Å². The zero-order chi connectivity index (χ0) is 87.7. The van der Waals surface area contributed by atoms with Gasteiger partial charge in [-0.25, -0.2) is 9.97 Å². The van der Waals surface area contributed by atoms with Gasteiger partial charge in [-0.1, -0.05) is 246 Å². The fourth-order valence-electron chi connectivity index (χ4n) is 14.9. The SMILES string of the molecule is CC(C)c1ccc(C(C)C)c2c1OCO2.CC(C)c1cnc(C(C)C)c2c1CC=C2.CC(C)c1cnc(C(C)C)c2c1CCO2.CC(C)c1cnc(C(C)C)c2c1OCC2.CC(C)c1cnc(C(C)C)c2ocnc12.CC(C)c1cnc(C(C)C)c2scnc12.CC(C)c1ncc(C(C)C)c2occc12.COc1nc(C(C)C)nnc1C(C)C. The van der Waals surface area contributed by atoms with Crippen LogP contribution < -0.4 is 23.7 Å². The van der Waals surface area contributed by atoms with Gasteiger partial charge < -0.3 is 32.5 Å². The van der Waals surface area contributed by atoms with E-state index in [0.29, 0.717) is 95.5 Å². The molecule has 644 valence electrons. The molecule has 10 aromatic heterocycles. The van der Waals surface area contributed by atoms with Gasteiger partial charge in [-0.2, -0.15) is 4.98 Å². The smallest absolute Gasteiger partial charge is 0.239 e. The lowest BCUT2D eigenvalue weighted by Crippen LogP contribution is -2.07. The molecule has 11 aromatic rings. The number of furan rings is 1. The molecule has 1 aromatic carbocycles. The normalized spacial score (nSPS) is 13.0. The van der Waals surface area contributed by atoms with Gasteiger partial charge in [0.2, 0.25) is 12.7 Å². The third kappa shape index (κ3) is 23.3. The van der Waals surface area contributed by atoms with Crippen molar-refractivity contribution < 1.29 is 32.5 Å². The maximum Gasteiger partial charge on any atom is 0.239 e. The first kappa shape index (κ1) is 95.2. The van der Waals surface area contributed by atoms with Gasteiger partial charge in [0.25, 0.3) is 0 Å². The van der Waals surface area contributed by atoms with Crippen molar-refractivity contribution in [3.63, 3.8) is 0 Å². The number of oxazole rings is 1. The van der Waals surface area contributed by atoms with Gasteiger partial charge in [-0.3, -0.25) is 29.9 Å². The lowest BCUT2D eigenvalue weighted by molar-refractivity contribution is 0.172. The van der Waals surface area contributed by atoms with Crippen molar-refractivity contribution in [1.29, 1.82) is 0 Å². The van der Waals surface area contributed by atoms with Crippen LogP contribution in [0, 0.1) is 0 Å². The summed E-state index contributed by atoms with van der Waals surface area (Å²) in [5.41, 5.74) is 29.3. The fourth-order valence-corrected chi connectivity index (χ4v) is 15.9. The van der Waals surface area contributed by atoms with Gasteiger partial charge in [-0.05, 0) is 118 Å².